The lowest BCUT2D eigenvalue weighted by Crippen LogP contribution is -2.33. The monoisotopic (exact) mass is 653 g/mol. The summed E-state index contributed by atoms with van der Waals surface area (Å²) >= 11 is 1.37. The van der Waals surface area contributed by atoms with Gasteiger partial charge in [0.2, 0.25) is 17.7 Å². The molecule has 2 aliphatic rings. The topological polar surface area (TPSA) is 102 Å². The van der Waals surface area contributed by atoms with Crippen molar-refractivity contribution >= 4 is 52.2 Å². The number of amides is 3. The SMILES string of the molecule is O=C(Cn1c2c(sc1=O)[C@H](c1ccco1)C1C(=O)N(c3ccccc3C(F)(F)F)C(=O)C1S2)Nc1ccccc1C(F)(F)F. The number of halogens is 6. The molecule has 3 atom stereocenters. The van der Waals surface area contributed by atoms with E-state index in [0.29, 0.717) is 16.2 Å². The molecule has 1 fully saturated rings. The molecule has 0 bridgehead atoms. The van der Waals surface area contributed by atoms with Crippen LogP contribution in [0.3, 0.4) is 0 Å². The van der Waals surface area contributed by atoms with Gasteiger partial charge in [-0.2, -0.15) is 26.3 Å². The van der Waals surface area contributed by atoms with Crippen LogP contribution >= 0.6 is 23.1 Å². The van der Waals surface area contributed by atoms with Crippen LogP contribution in [0.2, 0.25) is 0 Å². The summed E-state index contributed by atoms with van der Waals surface area (Å²) in [4.78, 5) is 53.5. The van der Waals surface area contributed by atoms with Crippen LogP contribution in [0.5, 0.6) is 0 Å². The van der Waals surface area contributed by atoms with Gasteiger partial charge >= 0.3 is 17.2 Å². The van der Waals surface area contributed by atoms with Crippen LogP contribution in [-0.2, 0) is 33.3 Å². The zero-order valence-electron chi connectivity index (χ0n) is 21.8. The van der Waals surface area contributed by atoms with Crippen LogP contribution in [0, 0.1) is 5.92 Å². The van der Waals surface area contributed by atoms with E-state index in [9.17, 15) is 45.5 Å². The van der Waals surface area contributed by atoms with Gasteiger partial charge in [-0.15, -0.1) is 0 Å². The van der Waals surface area contributed by atoms with Crippen molar-refractivity contribution in [3.63, 3.8) is 0 Å². The number of para-hydroxylation sites is 2. The summed E-state index contributed by atoms with van der Waals surface area (Å²) < 4.78 is 88.4. The molecule has 4 aromatic rings. The van der Waals surface area contributed by atoms with Crippen molar-refractivity contribution in [1.82, 2.24) is 4.57 Å². The lowest BCUT2D eigenvalue weighted by molar-refractivity contribution is -0.138. The Morgan fingerprint density at radius 3 is 2.18 bits per heavy atom. The maximum absolute atomic E-state index is 13.9. The number of aromatic nitrogens is 1. The first-order valence-corrected chi connectivity index (χ1v) is 14.4. The molecule has 0 spiro atoms. The number of imide groups is 1. The minimum absolute atomic E-state index is 0.0778. The maximum atomic E-state index is 13.9. The van der Waals surface area contributed by atoms with E-state index in [4.69, 9.17) is 4.42 Å². The fraction of sp³-hybridized carbons (Fsp3) is 0.214. The fourth-order valence-electron chi connectivity index (χ4n) is 5.35. The van der Waals surface area contributed by atoms with Crippen molar-refractivity contribution in [3.8, 4) is 0 Å². The number of carbonyl (C=O) groups is 3. The van der Waals surface area contributed by atoms with Crippen LogP contribution < -0.4 is 15.1 Å². The number of thiazole rings is 1. The number of furan rings is 1. The van der Waals surface area contributed by atoms with Crippen LogP contribution in [0.25, 0.3) is 0 Å². The Morgan fingerprint density at radius 2 is 1.52 bits per heavy atom. The van der Waals surface area contributed by atoms with Gasteiger partial charge in [0.05, 0.1) is 50.5 Å². The first-order valence-electron chi connectivity index (χ1n) is 12.7. The second-order valence-electron chi connectivity index (χ2n) is 9.80. The quantitative estimate of drug-likeness (QED) is 0.210. The summed E-state index contributed by atoms with van der Waals surface area (Å²) in [5.74, 6) is -5.03. The maximum Gasteiger partial charge on any atom is 0.418 e. The Hall–Kier alpha value is -4.31. The molecule has 2 aliphatic heterocycles. The van der Waals surface area contributed by atoms with Crippen molar-refractivity contribution in [2.75, 3.05) is 10.2 Å². The van der Waals surface area contributed by atoms with Crippen molar-refractivity contribution in [2.45, 2.75) is 35.1 Å². The highest BCUT2D eigenvalue weighted by atomic mass is 32.2. The smallest absolute Gasteiger partial charge is 0.418 e. The van der Waals surface area contributed by atoms with Gasteiger partial charge in [0, 0.05) is 0 Å². The van der Waals surface area contributed by atoms with Gasteiger partial charge in [-0.25, -0.2) is 4.90 Å². The molecule has 2 aromatic carbocycles. The Morgan fingerprint density at radius 1 is 0.864 bits per heavy atom. The lowest BCUT2D eigenvalue weighted by atomic mass is 9.86. The summed E-state index contributed by atoms with van der Waals surface area (Å²) in [6.07, 6.45) is -8.36. The van der Waals surface area contributed by atoms with Gasteiger partial charge in [0.15, 0.2) is 0 Å². The molecule has 3 amide bonds. The van der Waals surface area contributed by atoms with Crippen LogP contribution in [-0.4, -0.2) is 27.5 Å². The summed E-state index contributed by atoms with van der Waals surface area (Å²) in [6, 6.07) is 11.4. The van der Waals surface area contributed by atoms with Gasteiger partial charge in [-0.1, -0.05) is 47.4 Å². The number of alkyl halides is 6. The summed E-state index contributed by atoms with van der Waals surface area (Å²) in [7, 11) is 0. The predicted octanol–water partition coefficient (Wildman–Crippen LogP) is 5.97. The van der Waals surface area contributed by atoms with E-state index in [1.165, 1.54) is 30.5 Å². The number of thioether (sulfide) groups is 1. The molecule has 0 saturated carbocycles. The lowest BCUT2D eigenvalue weighted by Gasteiger charge is -2.29. The minimum Gasteiger partial charge on any atom is -0.469 e. The number of carbonyl (C=O) groups excluding carboxylic acids is 3. The molecule has 0 aliphatic carbocycles. The second kappa shape index (κ2) is 10.7. The van der Waals surface area contributed by atoms with Crippen molar-refractivity contribution in [3.05, 3.63) is 98.4 Å². The molecule has 1 saturated heterocycles. The van der Waals surface area contributed by atoms with E-state index in [1.807, 2.05) is 0 Å². The molecular formula is C28H17F6N3O5S2. The van der Waals surface area contributed by atoms with Crippen LogP contribution in [0.4, 0.5) is 37.7 Å². The fourth-order valence-corrected chi connectivity index (χ4v) is 8.10. The first kappa shape index (κ1) is 29.7. The van der Waals surface area contributed by atoms with Crippen molar-refractivity contribution in [2.24, 2.45) is 5.92 Å². The van der Waals surface area contributed by atoms with Gasteiger partial charge in [0.1, 0.15) is 17.6 Å². The normalized spacial score (nSPS) is 20.0. The summed E-state index contributed by atoms with van der Waals surface area (Å²) in [6.45, 7) is -0.741. The molecule has 44 heavy (non-hydrogen) atoms. The Labute approximate surface area is 251 Å². The van der Waals surface area contributed by atoms with Crippen LogP contribution in [0.1, 0.15) is 27.7 Å². The number of hydrogen-bond acceptors (Lipinski definition) is 7. The van der Waals surface area contributed by atoms with E-state index < -0.39 is 81.1 Å². The van der Waals surface area contributed by atoms with Gasteiger partial charge in [-0.3, -0.25) is 23.7 Å². The second-order valence-corrected chi connectivity index (χ2v) is 11.9. The van der Waals surface area contributed by atoms with Gasteiger partial charge < -0.3 is 9.73 Å². The number of anilines is 2. The summed E-state index contributed by atoms with van der Waals surface area (Å²) in [5.41, 5.74) is -3.47. The average Bonchev–Trinajstić information content (AvgIpc) is 3.65. The van der Waals surface area contributed by atoms with Crippen LogP contribution in [0.15, 0.2) is 81.2 Å². The third-order valence-electron chi connectivity index (χ3n) is 7.16. The molecule has 0 radical (unpaired) electrons. The predicted molar refractivity (Wildman–Crippen MR) is 146 cm³/mol. The molecule has 16 heteroatoms. The third kappa shape index (κ3) is 5.00. The van der Waals surface area contributed by atoms with E-state index in [1.54, 1.807) is 0 Å². The van der Waals surface area contributed by atoms with Crippen molar-refractivity contribution < 1.29 is 45.1 Å². The molecule has 2 aromatic heterocycles. The van der Waals surface area contributed by atoms with E-state index in [-0.39, 0.29) is 15.7 Å². The number of rotatable bonds is 5. The highest BCUT2D eigenvalue weighted by Crippen LogP contribution is 2.54. The average molecular weight is 654 g/mol. The Bertz CT molecular complexity index is 1850. The molecular weight excluding hydrogens is 636 g/mol. The summed E-state index contributed by atoms with van der Waals surface area (Å²) in [5, 5.41) is 0.934. The number of nitrogens with one attached hydrogen (secondary N) is 1. The Balaban J connectivity index is 1.39. The number of nitrogens with zero attached hydrogens (tertiary/aromatic N) is 2. The molecule has 8 nitrogen and oxygen atoms in total. The third-order valence-corrected chi connectivity index (χ3v) is 9.76. The largest absolute Gasteiger partial charge is 0.469 e. The van der Waals surface area contributed by atoms with Crippen molar-refractivity contribution in [1.29, 1.82) is 0 Å². The molecule has 1 N–H and O–H groups in total. The number of benzene rings is 2. The van der Waals surface area contributed by atoms with E-state index in [2.05, 4.69) is 5.32 Å². The number of hydrogen-bond donors (Lipinski definition) is 1. The van der Waals surface area contributed by atoms with Gasteiger partial charge in [-0.05, 0) is 36.4 Å². The molecule has 4 heterocycles. The van der Waals surface area contributed by atoms with E-state index >= 15 is 0 Å². The highest BCUT2D eigenvalue weighted by Gasteiger charge is 2.58. The number of fused-ring (bicyclic) bond motifs is 2. The minimum atomic E-state index is -4.88. The first-order chi connectivity index (χ1) is 20.8. The molecule has 6 rings (SSSR count). The molecule has 2 unspecified atom stereocenters. The standard InChI is InChI=1S/C28H17F6N3O5S2/c29-27(30,31)13-6-1-3-8-15(13)35-18(38)12-36-25-22(44-26(36)41)19(17-10-5-11-42-17)20-21(43-25)24(40)37(23(20)39)16-9-4-2-7-14(16)28(32,33)34/h1-11,19-21H,12H2,(H,35,38)/t19-,20?,21?/m1/s1. The highest BCUT2D eigenvalue weighted by molar-refractivity contribution is 8.00. The molecule has 228 valence electrons. The van der Waals surface area contributed by atoms with E-state index in [0.717, 1.165) is 52.7 Å². The Kier molecular flexibility index (Phi) is 7.23. The zero-order chi connectivity index (χ0) is 31.6. The zero-order valence-corrected chi connectivity index (χ0v) is 23.4. The van der Waals surface area contributed by atoms with Gasteiger partial charge in [0.25, 0.3) is 0 Å².